The summed E-state index contributed by atoms with van der Waals surface area (Å²) in [6.07, 6.45) is 3.32. The van der Waals surface area contributed by atoms with Crippen molar-refractivity contribution in [2.45, 2.75) is 31.7 Å². The van der Waals surface area contributed by atoms with Crippen LogP contribution >= 0.6 is 0 Å². The maximum atomic E-state index is 12.0. The summed E-state index contributed by atoms with van der Waals surface area (Å²) in [7, 11) is -3.15. The molecule has 1 aromatic heterocycles. The molecular formula is C18H21N3O2S. The first-order valence-electron chi connectivity index (χ1n) is 8.35. The molecule has 0 bridgehead atoms. The van der Waals surface area contributed by atoms with E-state index in [4.69, 9.17) is 0 Å². The molecule has 24 heavy (non-hydrogen) atoms. The van der Waals surface area contributed by atoms with Crippen LogP contribution < -0.4 is 9.62 Å². The molecule has 0 amide bonds. The lowest BCUT2D eigenvalue weighted by atomic mass is 10.0. The molecule has 2 aromatic rings. The first-order chi connectivity index (χ1) is 11.5. The normalized spacial score (nSPS) is 24.8. The van der Waals surface area contributed by atoms with Crippen molar-refractivity contribution in [2.24, 2.45) is 0 Å². The van der Waals surface area contributed by atoms with Gasteiger partial charge in [0.05, 0.1) is 17.6 Å². The lowest BCUT2D eigenvalue weighted by Gasteiger charge is -2.20. The Kier molecular flexibility index (Phi) is 3.72. The van der Waals surface area contributed by atoms with E-state index in [0.717, 1.165) is 12.2 Å². The Balaban J connectivity index is 1.49. The van der Waals surface area contributed by atoms with Crippen LogP contribution in [0.25, 0.3) is 0 Å². The van der Waals surface area contributed by atoms with Crippen LogP contribution in [0.1, 0.15) is 30.4 Å². The van der Waals surface area contributed by atoms with E-state index >= 15 is 0 Å². The third-order valence-corrected chi connectivity index (χ3v) is 6.93. The van der Waals surface area contributed by atoms with Crippen LogP contribution in [0.4, 0.5) is 11.5 Å². The SMILES string of the molecule is C[C@H]1c2ccccc2C[C@H]1Nc1ccc(N2CCCS2(=O)=O)cn1. The van der Waals surface area contributed by atoms with Gasteiger partial charge in [-0.1, -0.05) is 31.2 Å². The topological polar surface area (TPSA) is 62.3 Å². The Labute approximate surface area is 142 Å². The minimum absolute atomic E-state index is 0.227. The zero-order valence-corrected chi connectivity index (χ0v) is 14.5. The molecule has 126 valence electrons. The molecule has 4 rings (SSSR count). The number of nitrogens with zero attached hydrogens (tertiary/aromatic N) is 2. The van der Waals surface area contributed by atoms with Gasteiger partial charge in [-0.05, 0) is 36.1 Å². The third kappa shape index (κ3) is 2.65. The standard InChI is InChI=1S/C18H21N3O2S/c1-13-16-6-3-2-5-14(16)11-17(13)20-18-8-7-15(12-19-18)21-9-4-10-24(21,22)23/h2-3,5-8,12-13,17H,4,9-11H2,1H3,(H,19,20)/t13-,17+/m0/s1. The predicted molar refractivity (Wildman–Crippen MR) is 96.0 cm³/mol. The second kappa shape index (κ2) is 5.77. The highest BCUT2D eigenvalue weighted by Crippen LogP contribution is 2.34. The first kappa shape index (κ1) is 15.4. The van der Waals surface area contributed by atoms with E-state index in [1.165, 1.54) is 15.4 Å². The summed E-state index contributed by atoms with van der Waals surface area (Å²) in [5.41, 5.74) is 3.44. The van der Waals surface area contributed by atoms with Gasteiger partial charge in [0.2, 0.25) is 10.0 Å². The maximum absolute atomic E-state index is 12.0. The van der Waals surface area contributed by atoms with Crippen molar-refractivity contribution in [3.05, 3.63) is 53.7 Å². The van der Waals surface area contributed by atoms with Crippen molar-refractivity contribution in [1.29, 1.82) is 0 Å². The summed E-state index contributed by atoms with van der Waals surface area (Å²) < 4.78 is 25.4. The Morgan fingerprint density at radius 3 is 2.71 bits per heavy atom. The zero-order chi connectivity index (χ0) is 16.7. The molecule has 1 fully saturated rings. The summed E-state index contributed by atoms with van der Waals surface area (Å²) >= 11 is 0. The molecule has 2 aliphatic rings. The monoisotopic (exact) mass is 343 g/mol. The molecule has 2 heterocycles. The van der Waals surface area contributed by atoms with Crippen molar-refractivity contribution >= 4 is 21.5 Å². The second-order valence-electron chi connectivity index (χ2n) is 6.59. The van der Waals surface area contributed by atoms with Crippen LogP contribution in [-0.2, 0) is 16.4 Å². The van der Waals surface area contributed by atoms with Gasteiger partial charge in [-0.2, -0.15) is 0 Å². The van der Waals surface area contributed by atoms with Gasteiger partial charge in [0, 0.05) is 18.5 Å². The Hall–Kier alpha value is -2.08. The lowest BCUT2D eigenvalue weighted by molar-refractivity contribution is 0.599. The lowest BCUT2D eigenvalue weighted by Crippen LogP contribution is -2.26. The summed E-state index contributed by atoms with van der Waals surface area (Å²) in [4.78, 5) is 4.43. The van der Waals surface area contributed by atoms with Gasteiger partial charge in [-0.15, -0.1) is 0 Å². The largest absolute Gasteiger partial charge is 0.366 e. The molecule has 0 radical (unpaired) electrons. The molecule has 0 spiro atoms. The van der Waals surface area contributed by atoms with E-state index in [9.17, 15) is 8.42 Å². The van der Waals surface area contributed by atoms with Crippen molar-refractivity contribution in [3.8, 4) is 0 Å². The van der Waals surface area contributed by atoms with Crippen LogP contribution in [0.2, 0.25) is 0 Å². The smallest absolute Gasteiger partial charge is 0.235 e. The number of hydrogen-bond acceptors (Lipinski definition) is 4. The fourth-order valence-corrected chi connectivity index (χ4v) is 5.26. The van der Waals surface area contributed by atoms with Crippen LogP contribution in [-0.4, -0.2) is 31.7 Å². The molecule has 6 heteroatoms. The molecule has 1 aliphatic carbocycles. The quantitative estimate of drug-likeness (QED) is 0.931. The Bertz CT molecular complexity index is 849. The number of pyridine rings is 1. The number of fused-ring (bicyclic) bond motifs is 1. The summed E-state index contributed by atoms with van der Waals surface area (Å²) in [6.45, 7) is 2.78. The molecule has 1 N–H and O–H groups in total. The molecule has 0 unspecified atom stereocenters. The average Bonchev–Trinajstić information content (AvgIpc) is 3.08. The van der Waals surface area contributed by atoms with Crippen molar-refractivity contribution < 1.29 is 8.42 Å². The molecule has 1 aromatic carbocycles. The molecule has 1 aliphatic heterocycles. The number of benzene rings is 1. The maximum Gasteiger partial charge on any atom is 0.235 e. The fraction of sp³-hybridized carbons (Fsp3) is 0.389. The minimum atomic E-state index is -3.15. The van der Waals surface area contributed by atoms with E-state index in [2.05, 4.69) is 41.5 Å². The van der Waals surface area contributed by atoms with E-state index in [1.54, 1.807) is 6.20 Å². The number of nitrogens with one attached hydrogen (secondary N) is 1. The van der Waals surface area contributed by atoms with E-state index in [-0.39, 0.29) is 5.75 Å². The van der Waals surface area contributed by atoms with E-state index in [0.29, 0.717) is 30.6 Å². The van der Waals surface area contributed by atoms with Crippen molar-refractivity contribution in [3.63, 3.8) is 0 Å². The molecule has 2 atom stereocenters. The zero-order valence-electron chi connectivity index (χ0n) is 13.6. The highest BCUT2D eigenvalue weighted by molar-refractivity contribution is 7.93. The molecular weight excluding hydrogens is 322 g/mol. The van der Waals surface area contributed by atoms with Gasteiger partial charge in [-0.25, -0.2) is 13.4 Å². The van der Waals surface area contributed by atoms with Gasteiger partial charge in [0.15, 0.2) is 0 Å². The Morgan fingerprint density at radius 1 is 1.21 bits per heavy atom. The van der Waals surface area contributed by atoms with Crippen molar-refractivity contribution in [1.82, 2.24) is 4.98 Å². The molecule has 5 nitrogen and oxygen atoms in total. The van der Waals surface area contributed by atoms with Crippen molar-refractivity contribution in [2.75, 3.05) is 21.9 Å². The highest BCUT2D eigenvalue weighted by atomic mass is 32.2. The fourth-order valence-electron chi connectivity index (χ4n) is 3.71. The van der Waals surface area contributed by atoms with E-state index < -0.39 is 10.0 Å². The number of rotatable bonds is 3. The average molecular weight is 343 g/mol. The first-order valence-corrected chi connectivity index (χ1v) is 9.96. The van der Waals surface area contributed by atoms with Gasteiger partial charge in [0.25, 0.3) is 0 Å². The van der Waals surface area contributed by atoms with Crippen LogP contribution in [0.3, 0.4) is 0 Å². The van der Waals surface area contributed by atoms with Crippen LogP contribution in [0, 0.1) is 0 Å². The van der Waals surface area contributed by atoms with Crippen LogP contribution in [0.5, 0.6) is 0 Å². The summed E-state index contributed by atoms with van der Waals surface area (Å²) in [6, 6.07) is 12.6. The second-order valence-corrected chi connectivity index (χ2v) is 8.60. The number of aromatic nitrogens is 1. The predicted octanol–water partition coefficient (Wildman–Crippen LogP) is 2.76. The molecule has 0 saturated carbocycles. The summed E-state index contributed by atoms with van der Waals surface area (Å²) in [5, 5.41) is 3.50. The highest BCUT2D eigenvalue weighted by Gasteiger charge is 2.30. The van der Waals surface area contributed by atoms with Gasteiger partial charge in [0.1, 0.15) is 5.82 Å². The molecule has 1 saturated heterocycles. The number of sulfonamides is 1. The summed E-state index contributed by atoms with van der Waals surface area (Å²) in [5.74, 6) is 1.45. The minimum Gasteiger partial charge on any atom is -0.366 e. The van der Waals surface area contributed by atoms with Gasteiger partial charge >= 0.3 is 0 Å². The van der Waals surface area contributed by atoms with Crippen LogP contribution in [0.15, 0.2) is 42.6 Å². The number of anilines is 2. The third-order valence-electron chi connectivity index (χ3n) is 5.06. The number of hydrogen-bond donors (Lipinski definition) is 1. The Morgan fingerprint density at radius 2 is 2.04 bits per heavy atom. The van der Waals surface area contributed by atoms with Gasteiger partial charge in [-0.3, -0.25) is 4.31 Å². The van der Waals surface area contributed by atoms with E-state index in [1.807, 2.05) is 12.1 Å². The van der Waals surface area contributed by atoms with Gasteiger partial charge < -0.3 is 5.32 Å².